The Hall–Kier alpha value is -1.55. The fourth-order valence-electron chi connectivity index (χ4n) is 3.62. The number of carbonyl (C=O) groups is 1. The highest BCUT2D eigenvalue weighted by Gasteiger charge is 2.25. The van der Waals surface area contributed by atoms with Gasteiger partial charge in [-0.1, -0.05) is 18.2 Å². The van der Waals surface area contributed by atoms with E-state index in [9.17, 15) is 4.79 Å². The van der Waals surface area contributed by atoms with Gasteiger partial charge in [0.1, 0.15) is 0 Å². The van der Waals surface area contributed by atoms with Crippen LogP contribution >= 0.6 is 0 Å². The molecule has 0 radical (unpaired) electrons. The summed E-state index contributed by atoms with van der Waals surface area (Å²) in [5.74, 6) is 0.896. The number of nitrogens with two attached hydrogens (primary N) is 1. The first-order valence-electron chi connectivity index (χ1n) is 8.56. The number of benzene rings is 1. The largest absolute Gasteiger partial charge is 0.368 e. The number of rotatable bonds is 3. The average molecular weight is 301 g/mol. The van der Waals surface area contributed by atoms with Crippen LogP contribution < -0.4 is 10.6 Å². The number of para-hydroxylation sites is 1. The van der Waals surface area contributed by atoms with Crippen molar-refractivity contribution in [3.63, 3.8) is 0 Å². The zero-order valence-electron chi connectivity index (χ0n) is 13.3. The molecule has 0 unspecified atom stereocenters. The van der Waals surface area contributed by atoms with E-state index in [1.54, 1.807) is 0 Å². The molecule has 0 bridgehead atoms. The zero-order chi connectivity index (χ0) is 15.4. The Morgan fingerprint density at radius 1 is 1.00 bits per heavy atom. The maximum Gasteiger partial charge on any atom is 0.222 e. The van der Waals surface area contributed by atoms with Crippen molar-refractivity contribution in [2.24, 2.45) is 11.7 Å². The Labute approximate surface area is 133 Å². The van der Waals surface area contributed by atoms with E-state index in [0.717, 1.165) is 58.3 Å². The maximum atomic E-state index is 12.5. The Morgan fingerprint density at radius 2 is 1.64 bits per heavy atom. The lowest BCUT2D eigenvalue weighted by Crippen LogP contribution is -2.49. The third kappa shape index (κ3) is 3.80. The molecule has 4 nitrogen and oxygen atoms in total. The number of carbonyl (C=O) groups excluding carboxylic acids is 1. The SMILES string of the molecule is N[C@H]1CC[C@H](CC(=O)N2CCN(c3ccccc3)CC2)CC1. The van der Waals surface area contributed by atoms with Gasteiger partial charge in [-0.15, -0.1) is 0 Å². The third-order valence-corrected chi connectivity index (χ3v) is 5.11. The van der Waals surface area contributed by atoms with E-state index >= 15 is 0 Å². The predicted octanol–water partition coefficient (Wildman–Crippen LogP) is 2.24. The summed E-state index contributed by atoms with van der Waals surface area (Å²) in [6.45, 7) is 3.57. The highest BCUT2D eigenvalue weighted by atomic mass is 16.2. The van der Waals surface area contributed by atoms with Crippen LogP contribution in [0.2, 0.25) is 0 Å². The molecule has 0 spiro atoms. The van der Waals surface area contributed by atoms with Crippen LogP contribution in [0.5, 0.6) is 0 Å². The second-order valence-corrected chi connectivity index (χ2v) is 6.69. The van der Waals surface area contributed by atoms with Crippen LogP contribution in [0.4, 0.5) is 5.69 Å². The minimum atomic E-state index is 0.341. The van der Waals surface area contributed by atoms with E-state index in [-0.39, 0.29) is 0 Å². The molecular formula is C18H27N3O. The topological polar surface area (TPSA) is 49.6 Å². The fraction of sp³-hybridized carbons (Fsp3) is 0.611. The molecule has 1 saturated heterocycles. The van der Waals surface area contributed by atoms with E-state index in [4.69, 9.17) is 5.73 Å². The normalized spacial score (nSPS) is 26.0. The molecule has 0 atom stereocenters. The monoisotopic (exact) mass is 301 g/mol. The van der Waals surface area contributed by atoms with Crippen molar-refractivity contribution in [3.8, 4) is 0 Å². The molecule has 1 amide bonds. The van der Waals surface area contributed by atoms with Crippen LogP contribution in [0.1, 0.15) is 32.1 Å². The van der Waals surface area contributed by atoms with E-state index < -0.39 is 0 Å². The molecule has 1 saturated carbocycles. The number of anilines is 1. The Balaban J connectivity index is 1.46. The van der Waals surface area contributed by atoms with Crippen molar-refractivity contribution in [2.75, 3.05) is 31.1 Å². The van der Waals surface area contributed by atoms with Crippen molar-refractivity contribution in [1.29, 1.82) is 0 Å². The maximum absolute atomic E-state index is 12.5. The number of hydrogen-bond donors (Lipinski definition) is 1. The smallest absolute Gasteiger partial charge is 0.222 e. The van der Waals surface area contributed by atoms with Gasteiger partial charge in [0.2, 0.25) is 5.91 Å². The van der Waals surface area contributed by atoms with E-state index in [0.29, 0.717) is 17.9 Å². The summed E-state index contributed by atoms with van der Waals surface area (Å²) >= 11 is 0. The molecule has 2 fully saturated rings. The van der Waals surface area contributed by atoms with Crippen LogP contribution in [0.3, 0.4) is 0 Å². The first-order valence-corrected chi connectivity index (χ1v) is 8.56. The molecule has 1 heterocycles. The van der Waals surface area contributed by atoms with Crippen LogP contribution in [0.15, 0.2) is 30.3 Å². The van der Waals surface area contributed by atoms with E-state index in [2.05, 4.69) is 29.2 Å². The molecule has 2 aliphatic rings. The summed E-state index contributed by atoms with van der Waals surface area (Å²) in [4.78, 5) is 16.9. The second-order valence-electron chi connectivity index (χ2n) is 6.69. The van der Waals surface area contributed by atoms with Crippen LogP contribution in [0.25, 0.3) is 0 Å². The number of piperazine rings is 1. The lowest BCUT2D eigenvalue weighted by molar-refractivity contribution is -0.132. The molecule has 3 rings (SSSR count). The van der Waals surface area contributed by atoms with Crippen molar-refractivity contribution in [1.82, 2.24) is 4.90 Å². The summed E-state index contributed by atoms with van der Waals surface area (Å²) in [6.07, 6.45) is 5.13. The minimum absolute atomic E-state index is 0.341. The minimum Gasteiger partial charge on any atom is -0.368 e. The number of nitrogens with zero attached hydrogens (tertiary/aromatic N) is 2. The van der Waals surface area contributed by atoms with Crippen LogP contribution in [0, 0.1) is 5.92 Å². The van der Waals surface area contributed by atoms with E-state index in [1.165, 1.54) is 5.69 Å². The molecule has 4 heteroatoms. The highest BCUT2D eigenvalue weighted by molar-refractivity contribution is 5.76. The zero-order valence-corrected chi connectivity index (χ0v) is 13.3. The van der Waals surface area contributed by atoms with Gasteiger partial charge in [0.15, 0.2) is 0 Å². The molecule has 22 heavy (non-hydrogen) atoms. The molecule has 1 aromatic carbocycles. The summed E-state index contributed by atoms with van der Waals surface area (Å²) in [5, 5.41) is 0. The second kappa shape index (κ2) is 7.14. The van der Waals surface area contributed by atoms with Gasteiger partial charge < -0.3 is 15.5 Å². The Morgan fingerprint density at radius 3 is 2.27 bits per heavy atom. The molecular weight excluding hydrogens is 274 g/mol. The van der Waals surface area contributed by atoms with Gasteiger partial charge in [-0.3, -0.25) is 4.79 Å². The van der Waals surface area contributed by atoms with Gasteiger partial charge in [-0.25, -0.2) is 0 Å². The first kappa shape index (κ1) is 15.3. The number of amides is 1. The van der Waals surface area contributed by atoms with Gasteiger partial charge in [-0.05, 0) is 43.7 Å². The van der Waals surface area contributed by atoms with Crippen molar-refractivity contribution in [3.05, 3.63) is 30.3 Å². The molecule has 2 N–H and O–H groups in total. The van der Waals surface area contributed by atoms with Gasteiger partial charge in [-0.2, -0.15) is 0 Å². The lowest BCUT2D eigenvalue weighted by Gasteiger charge is -2.37. The van der Waals surface area contributed by atoms with Gasteiger partial charge in [0, 0.05) is 44.3 Å². The average Bonchev–Trinajstić information content (AvgIpc) is 2.58. The van der Waals surface area contributed by atoms with Gasteiger partial charge >= 0.3 is 0 Å². The summed E-state index contributed by atoms with van der Waals surface area (Å²) in [5.41, 5.74) is 7.20. The summed E-state index contributed by atoms with van der Waals surface area (Å²) in [7, 11) is 0. The quantitative estimate of drug-likeness (QED) is 0.931. The molecule has 1 aromatic rings. The van der Waals surface area contributed by atoms with Gasteiger partial charge in [0.05, 0.1) is 0 Å². The third-order valence-electron chi connectivity index (χ3n) is 5.11. The highest BCUT2D eigenvalue weighted by Crippen LogP contribution is 2.26. The lowest BCUT2D eigenvalue weighted by atomic mass is 9.84. The summed E-state index contributed by atoms with van der Waals surface area (Å²) < 4.78 is 0. The number of hydrogen-bond acceptors (Lipinski definition) is 3. The first-order chi connectivity index (χ1) is 10.7. The molecule has 1 aliphatic carbocycles. The van der Waals surface area contributed by atoms with Crippen LogP contribution in [-0.2, 0) is 4.79 Å². The van der Waals surface area contributed by atoms with Gasteiger partial charge in [0.25, 0.3) is 0 Å². The van der Waals surface area contributed by atoms with Crippen molar-refractivity contribution in [2.45, 2.75) is 38.1 Å². The molecule has 1 aliphatic heterocycles. The predicted molar refractivity (Wildman–Crippen MR) is 89.8 cm³/mol. The molecule has 120 valence electrons. The van der Waals surface area contributed by atoms with Crippen molar-refractivity contribution < 1.29 is 4.79 Å². The van der Waals surface area contributed by atoms with Crippen molar-refractivity contribution >= 4 is 11.6 Å². The summed E-state index contributed by atoms with van der Waals surface area (Å²) in [6, 6.07) is 10.8. The molecule has 0 aromatic heterocycles. The standard InChI is InChI=1S/C18H27N3O/c19-16-8-6-15(7-9-16)14-18(22)21-12-10-20(11-13-21)17-4-2-1-3-5-17/h1-5,15-16H,6-14,19H2/t15-,16-. The van der Waals surface area contributed by atoms with E-state index in [1.807, 2.05) is 11.0 Å². The Bertz CT molecular complexity index is 474. The Kier molecular flexibility index (Phi) is 4.98. The van der Waals surface area contributed by atoms with Crippen LogP contribution in [-0.4, -0.2) is 43.0 Å². The fourth-order valence-corrected chi connectivity index (χ4v) is 3.62.